The van der Waals surface area contributed by atoms with Crippen molar-refractivity contribution in [1.82, 2.24) is 0 Å². The molecule has 0 bridgehead atoms. The number of hydrogen-bond donors (Lipinski definition) is 1. The van der Waals surface area contributed by atoms with Gasteiger partial charge >= 0.3 is 0 Å². The molecule has 4 aromatic rings. The summed E-state index contributed by atoms with van der Waals surface area (Å²) in [5, 5.41) is 12.1. The van der Waals surface area contributed by atoms with Gasteiger partial charge in [-0.1, -0.05) is 36.4 Å². The lowest BCUT2D eigenvalue weighted by atomic mass is 10.1. The number of ether oxygens (including phenoxy) is 3. The SMILES string of the molecule is CCOc1cc(COc2c(Br)cc(/C=C(\C#N)C(=O)Nc3ccc(F)cc3)cc2Br)ccc1OCc1ccccc1. The number of rotatable bonds is 11. The van der Waals surface area contributed by atoms with Crippen molar-refractivity contribution >= 4 is 49.5 Å². The Morgan fingerprint density at radius 2 is 1.56 bits per heavy atom. The minimum absolute atomic E-state index is 0.111. The van der Waals surface area contributed by atoms with Crippen LogP contribution in [0.4, 0.5) is 10.1 Å². The number of nitriles is 1. The molecule has 208 valence electrons. The van der Waals surface area contributed by atoms with Crippen molar-refractivity contribution in [3.8, 4) is 23.3 Å². The molecule has 0 spiro atoms. The van der Waals surface area contributed by atoms with Gasteiger partial charge in [-0.15, -0.1) is 0 Å². The van der Waals surface area contributed by atoms with E-state index in [1.807, 2.05) is 61.5 Å². The Bertz CT molecular complexity index is 1560. The fourth-order valence-corrected chi connectivity index (χ4v) is 5.22. The molecule has 4 rings (SSSR count). The molecule has 0 aliphatic carbocycles. The van der Waals surface area contributed by atoms with E-state index in [2.05, 4.69) is 37.2 Å². The van der Waals surface area contributed by atoms with Crippen LogP contribution in [0.25, 0.3) is 6.08 Å². The molecule has 0 saturated carbocycles. The van der Waals surface area contributed by atoms with Gasteiger partial charge in [0.2, 0.25) is 0 Å². The van der Waals surface area contributed by atoms with Crippen molar-refractivity contribution in [3.63, 3.8) is 0 Å². The van der Waals surface area contributed by atoms with Crippen molar-refractivity contribution in [2.45, 2.75) is 20.1 Å². The summed E-state index contributed by atoms with van der Waals surface area (Å²) in [7, 11) is 0. The molecular weight excluding hydrogens is 655 g/mol. The van der Waals surface area contributed by atoms with E-state index in [1.165, 1.54) is 30.3 Å². The highest BCUT2D eigenvalue weighted by molar-refractivity contribution is 9.11. The molecule has 41 heavy (non-hydrogen) atoms. The molecule has 1 N–H and O–H groups in total. The minimum Gasteiger partial charge on any atom is -0.490 e. The molecule has 0 atom stereocenters. The van der Waals surface area contributed by atoms with Gasteiger partial charge in [-0.25, -0.2) is 4.39 Å². The fourth-order valence-electron chi connectivity index (χ4n) is 3.77. The summed E-state index contributed by atoms with van der Waals surface area (Å²) >= 11 is 7.05. The average Bonchev–Trinajstić information content (AvgIpc) is 2.97. The maximum atomic E-state index is 13.1. The lowest BCUT2D eigenvalue weighted by Crippen LogP contribution is -2.13. The van der Waals surface area contributed by atoms with Crippen LogP contribution >= 0.6 is 31.9 Å². The Kier molecular flexibility index (Phi) is 10.5. The highest BCUT2D eigenvalue weighted by atomic mass is 79.9. The molecule has 0 fully saturated rings. The summed E-state index contributed by atoms with van der Waals surface area (Å²) in [5.74, 6) is 0.809. The summed E-state index contributed by atoms with van der Waals surface area (Å²) in [6.45, 7) is 3.09. The third kappa shape index (κ3) is 8.43. The number of hydrogen-bond acceptors (Lipinski definition) is 5. The standard InChI is InChI=1S/C32H25Br2FN2O4/c1-2-39-30-17-22(8-13-29(30)40-19-21-6-4-3-5-7-21)20-41-31-27(33)15-23(16-28(31)34)14-24(18-36)32(38)37-26-11-9-25(35)10-12-26/h3-17H,2,19-20H2,1H3,(H,37,38)/b24-14+. The Morgan fingerprint density at radius 1 is 0.878 bits per heavy atom. The van der Waals surface area contributed by atoms with Crippen molar-refractivity contribution < 1.29 is 23.4 Å². The van der Waals surface area contributed by atoms with E-state index in [0.29, 0.717) is 50.7 Å². The van der Waals surface area contributed by atoms with Crippen LogP contribution in [0.3, 0.4) is 0 Å². The third-order valence-corrected chi connectivity index (χ3v) is 6.91. The van der Waals surface area contributed by atoms with Crippen LogP contribution in [-0.4, -0.2) is 12.5 Å². The van der Waals surface area contributed by atoms with Gasteiger partial charge in [0.15, 0.2) is 11.5 Å². The largest absolute Gasteiger partial charge is 0.490 e. The van der Waals surface area contributed by atoms with Gasteiger partial charge in [-0.3, -0.25) is 4.79 Å². The molecule has 0 aliphatic heterocycles. The third-order valence-electron chi connectivity index (χ3n) is 5.73. The van der Waals surface area contributed by atoms with Crippen LogP contribution < -0.4 is 19.5 Å². The molecule has 0 saturated heterocycles. The monoisotopic (exact) mass is 678 g/mol. The van der Waals surface area contributed by atoms with Crippen molar-refractivity contribution in [2.75, 3.05) is 11.9 Å². The number of nitrogens with zero attached hydrogens (tertiary/aromatic N) is 1. The Balaban J connectivity index is 1.44. The van der Waals surface area contributed by atoms with Crippen LogP contribution in [-0.2, 0) is 18.0 Å². The molecule has 0 unspecified atom stereocenters. The van der Waals surface area contributed by atoms with E-state index in [-0.39, 0.29) is 12.2 Å². The first-order valence-electron chi connectivity index (χ1n) is 12.6. The average molecular weight is 680 g/mol. The van der Waals surface area contributed by atoms with Crippen molar-refractivity contribution in [1.29, 1.82) is 5.26 Å². The molecule has 0 radical (unpaired) electrons. The van der Waals surface area contributed by atoms with Crippen LogP contribution in [0.5, 0.6) is 17.2 Å². The number of carbonyl (C=O) groups excluding carboxylic acids is 1. The number of carbonyl (C=O) groups is 1. The Morgan fingerprint density at radius 3 is 2.22 bits per heavy atom. The predicted octanol–water partition coefficient (Wildman–Crippen LogP) is 8.45. The molecule has 6 nitrogen and oxygen atoms in total. The molecule has 0 aliphatic rings. The molecule has 0 aromatic heterocycles. The zero-order valence-corrected chi connectivity index (χ0v) is 25.2. The van der Waals surface area contributed by atoms with Crippen LogP contribution in [0.15, 0.2) is 99.4 Å². The van der Waals surface area contributed by atoms with Crippen LogP contribution in [0.2, 0.25) is 0 Å². The fraction of sp³-hybridized carbons (Fsp3) is 0.125. The Hall–Kier alpha value is -4.13. The number of anilines is 1. The first kappa shape index (κ1) is 29.8. The van der Waals surface area contributed by atoms with E-state index in [1.54, 1.807) is 12.1 Å². The van der Waals surface area contributed by atoms with E-state index >= 15 is 0 Å². The lowest BCUT2D eigenvalue weighted by Gasteiger charge is -2.15. The second-order valence-corrected chi connectivity index (χ2v) is 10.4. The summed E-state index contributed by atoms with van der Waals surface area (Å²) in [6, 6.07) is 26.3. The van der Waals surface area contributed by atoms with Gasteiger partial charge in [0, 0.05) is 5.69 Å². The van der Waals surface area contributed by atoms with Crippen LogP contribution in [0.1, 0.15) is 23.6 Å². The maximum Gasteiger partial charge on any atom is 0.266 e. The molecule has 4 aromatic carbocycles. The second kappa shape index (κ2) is 14.5. The normalized spacial score (nSPS) is 11.0. The highest BCUT2D eigenvalue weighted by Gasteiger charge is 2.14. The molecule has 1 amide bonds. The second-order valence-electron chi connectivity index (χ2n) is 8.72. The smallest absolute Gasteiger partial charge is 0.266 e. The van der Waals surface area contributed by atoms with Crippen molar-refractivity contribution in [3.05, 3.63) is 122 Å². The lowest BCUT2D eigenvalue weighted by molar-refractivity contribution is -0.112. The van der Waals surface area contributed by atoms with Crippen molar-refractivity contribution in [2.24, 2.45) is 0 Å². The first-order valence-corrected chi connectivity index (χ1v) is 14.2. The first-order chi connectivity index (χ1) is 19.9. The number of nitrogens with one attached hydrogen (secondary N) is 1. The number of benzene rings is 4. The number of amides is 1. The van der Waals surface area contributed by atoms with E-state index in [9.17, 15) is 14.4 Å². The van der Waals surface area contributed by atoms with E-state index in [4.69, 9.17) is 14.2 Å². The van der Waals surface area contributed by atoms with Crippen LogP contribution in [0, 0.1) is 17.1 Å². The number of halogens is 3. The summed E-state index contributed by atoms with van der Waals surface area (Å²) in [4.78, 5) is 12.6. The maximum absolute atomic E-state index is 13.1. The van der Waals surface area contributed by atoms with Gasteiger partial charge in [0.25, 0.3) is 5.91 Å². The highest BCUT2D eigenvalue weighted by Crippen LogP contribution is 2.37. The topological polar surface area (TPSA) is 80.6 Å². The molecule has 9 heteroatoms. The van der Waals surface area contributed by atoms with Gasteiger partial charge < -0.3 is 19.5 Å². The van der Waals surface area contributed by atoms with E-state index < -0.39 is 11.7 Å². The molecular formula is C32H25Br2FN2O4. The minimum atomic E-state index is -0.604. The van der Waals surface area contributed by atoms with Gasteiger partial charge in [0.05, 0.1) is 15.6 Å². The molecule has 0 heterocycles. The zero-order chi connectivity index (χ0) is 29.2. The van der Waals surface area contributed by atoms with E-state index in [0.717, 1.165) is 11.1 Å². The Labute approximate surface area is 254 Å². The zero-order valence-electron chi connectivity index (χ0n) is 22.0. The quantitative estimate of drug-likeness (QED) is 0.127. The summed E-state index contributed by atoms with van der Waals surface area (Å²) in [5.41, 5.74) is 2.81. The summed E-state index contributed by atoms with van der Waals surface area (Å²) in [6.07, 6.45) is 1.46. The summed E-state index contributed by atoms with van der Waals surface area (Å²) < 4.78 is 32.3. The van der Waals surface area contributed by atoms with Gasteiger partial charge in [0.1, 0.15) is 36.4 Å². The van der Waals surface area contributed by atoms with Gasteiger partial charge in [-0.05, 0) is 110 Å². The van der Waals surface area contributed by atoms with Gasteiger partial charge in [-0.2, -0.15) is 5.26 Å². The predicted molar refractivity (Wildman–Crippen MR) is 163 cm³/mol.